The minimum atomic E-state index is -0.812. The third-order valence-corrected chi connectivity index (χ3v) is 6.34. The van der Waals surface area contributed by atoms with Crippen molar-refractivity contribution < 1.29 is 10.2 Å². The second-order valence-electron chi connectivity index (χ2n) is 9.30. The quantitative estimate of drug-likeness (QED) is 0.166. The first-order chi connectivity index (χ1) is 15.1. The number of aliphatic hydroxyl groups is 2. The third kappa shape index (κ3) is 12.6. The number of rotatable bonds is 21. The fourth-order valence-electron chi connectivity index (χ4n) is 4.32. The van der Waals surface area contributed by atoms with Crippen molar-refractivity contribution in [1.82, 2.24) is 9.97 Å². The van der Waals surface area contributed by atoms with Gasteiger partial charge in [-0.05, 0) is 12.8 Å². The molecule has 0 aliphatic carbocycles. The molecule has 0 fully saturated rings. The van der Waals surface area contributed by atoms with E-state index in [0.717, 1.165) is 31.5 Å². The Morgan fingerprint density at radius 1 is 0.774 bits per heavy atom. The van der Waals surface area contributed by atoms with Gasteiger partial charge in [-0.2, -0.15) is 0 Å². The summed E-state index contributed by atoms with van der Waals surface area (Å²) in [6, 6.07) is -0.336. The normalized spacial score (nSPS) is 13.6. The minimum absolute atomic E-state index is 0.142. The van der Waals surface area contributed by atoms with Crippen LogP contribution in [0.4, 0.5) is 0 Å². The molecule has 2 unspecified atom stereocenters. The molecule has 1 aromatic heterocycles. The number of imidazole rings is 1. The van der Waals surface area contributed by atoms with E-state index in [1.165, 1.54) is 89.9 Å². The summed E-state index contributed by atoms with van der Waals surface area (Å²) >= 11 is 0. The highest BCUT2D eigenvalue weighted by Gasteiger charge is 2.22. The molecule has 0 spiro atoms. The van der Waals surface area contributed by atoms with Crippen LogP contribution >= 0.6 is 0 Å². The van der Waals surface area contributed by atoms with Gasteiger partial charge in [0, 0.05) is 12.5 Å². The van der Waals surface area contributed by atoms with Gasteiger partial charge >= 0.3 is 0 Å². The first-order valence-corrected chi connectivity index (χ1v) is 13.3. The molecular weight excluding hydrogens is 386 g/mol. The number of nitrogens with two attached hydrogens (primary N) is 1. The van der Waals surface area contributed by atoms with Crippen molar-refractivity contribution in [2.24, 2.45) is 5.73 Å². The minimum Gasteiger partial charge on any atom is -0.390 e. The van der Waals surface area contributed by atoms with Gasteiger partial charge < -0.3 is 20.9 Å². The van der Waals surface area contributed by atoms with Crippen LogP contribution < -0.4 is 5.73 Å². The predicted molar refractivity (Wildman–Crippen MR) is 131 cm³/mol. The summed E-state index contributed by atoms with van der Waals surface area (Å²) in [6.07, 6.45) is 22.1. The summed E-state index contributed by atoms with van der Waals surface area (Å²) in [5.74, 6) is 0.858. The molecule has 0 aromatic carbocycles. The van der Waals surface area contributed by atoms with Crippen LogP contribution in [0, 0.1) is 0 Å². The van der Waals surface area contributed by atoms with Gasteiger partial charge in [-0.15, -0.1) is 0 Å². The lowest BCUT2D eigenvalue weighted by Crippen LogP contribution is -2.29. The van der Waals surface area contributed by atoms with Gasteiger partial charge in [0.15, 0.2) is 0 Å². The highest BCUT2D eigenvalue weighted by Crippen LogP contribution is 2.22. The molecule has 0 aliphatic rings. The smallest absolute Gasteiger partial charge is 0.113 e. The Kier molecular flexibility index (Phi) is 16.9. The van der Waals surface area contributed by atoms with E-state index in [9.17, 15) is 10.2 Å². The maximum atomic E-state index is 10.4. The summed E-state index contributed by atoms with van der Waals surface area (Å²) < 4.78 is 0. The molecule has 1 rings (SSSR count). The Morgan fingerprint density at radius 2 is 1.26 bits per heavy atom. The molecule has 0 saturated heterocycles. The number of nitrogens with zero attached hydrogens (tertiary/aromatic N) is 1. The first-order valence-electron chi connectivity index (χ1n) is 13.3. The van der Waals surface area contributed by atoms with Crippen LogP contribution in [0.1, 0.15) is 146 Å². The number of aryl methyl sites for hydroxylation is 1. The van der Waals surface area contributed by atoms with Crippen molar-refractivity contribution in [3.63, 3.8) is 0 Å². The van der Waals surface area contributed by atoms with E-state index < -0.39 is 6.10 Å². The lowest BCUT2D eigenvalue weighted by molar-refractivity contribution is 0.134. The second kappa shape index (κ2) is 18.6. The molecule has 5 N–H and O–H groups in total. The molecular formula is C26H51N3O2. The molecule has 2 atom stereocenters. The van der Waals surface area contributed by atoms with Crippen LogP contribution in [0.3, 0.4) is 0 Å². The van der Waals surface area contributed by atoms with Crippen molar-refractivity contribution in [3.8, 4) is 0 Å². The van der Waals surface area contributed by atoms with Gasteiger partial charge in [-0.1, -0.05) is 110 Å². The number of aromatic amines is 1. The van der Waals surface area contributed by atoms with E-state index in [2.05, 4.69) is 16.9 Å². The Labute approximate surface area is 191 Å². The number of hydrogen-bond donors (Lipinski definition) is 4. The molecule has 1 heterocycles. The van der Waals surface area contributed by atoms with E-state index in [4.69, 9.17) is 5.73 Å². The predicted octanol–water partition coefficient (Wildman–Crippen LogP) is 6.48. The van der Waals surface area contributed by atoms with Gasteiger partial charge in [-0.3, -0.25) is 0 Å². The summed E-state index contributed by atoms with van der Waals surface area (Å²) in [5, 5.41) is 20.0. The van der Waals surface area contributed by atoms with E-state index in [-0.39, 0.29) is 12.6 Å². The number of hydrogen-bond acceptors (Lipinski definition) is 4. The number of aliphatic hydroxyl groups excluding tert-OH is 2. The van der Waals surface area contributed by atoms with Crippen molar-refractivity contribution in [3.05, 3.63) is 17.2 Å². The molecule has 0 saturated carbocycles. The van der Waals surface area contributed by atoms with E-state index >= 15 is 0 Å². The monoisotopic (exact) mass is 437 g/mol. The van der Waals surface area contributed by atoms with Crippen LogP contribution in [0.5, 0.6) is 0 Å². The molecule has 0 aliphatic heterocycles. The molecule has 182 valence electrons. The topological polar surface area (TPSA) is 95.2 Å². The zero-order valence-electron chi connectivity index (χ0n) is 20.5. The molecule has 0 radical (unpaired) electrons. The van der Waals surface area contributed by atoms with E-state index in [1.54, 1.807) is 0 Å². The Balaban J connectivity index is 2.05. The van der Waals surface area contributed by atoms with Gasteiger partial charge in [0.25, 0.3) is 0 Å². The standard InChI is InChI=1S/C26H51N3O2/c1-3-5-6-7-8-9-10-11-12-13-14-15-16-17-18-20-24-28-23(21-30)25(29-24)26(31)22(27)19-4-2/h22,26,30-31H,3-21,27H2,1-2H3,(H,28,29). The van der Waals surface area contributed by atoms with Crippen molar-refractivity contribution >= 4 is 0 Å². The number of aromatic nitrogens is 2. The molecule has 1 aromatic rings. The zero-order chi connectivity index (χ0) is 22.7. The van der Waals surface area contributed by atoms with E-state index in [0.29, 0.717) is 11.4 Å². The van der Waals surface area contributed by atoms with Crippen LogP contribution in [-0.2, 0) is 13.0 Å². The van der Waals surface area contributed by atoms with Crippen LogP contribution in [0.15, 0.2) is 0 Å². The van der Waals surface area contributed by atoms with Crippen LogP contribution in [0.2, 0.25) is 0 Å². The van der Waals surface area contributed by atoms with Gasteiger partial charge in [0.05, 0.1) is 18.0 Å². The average Bonchev–Trinajstić information content (AvgIpc) is 3.19. The van der Waals surface area contributed by atoms with Crippen molar-refractivity contribution in [2.45, 2.75) is 148 Å². The molecule has 31 heavy (non-hydrogen) atoms. The van der Waals surface area contributed by atoms with Crippen LogP contribution in [0.25, 0.3) is 0 Å². The second-order valence-corrected chi connectivity index (χ2v) is 9.30. The Hall–Kier alpha value is -0.910. The first kappa shape index (κ1) is 28.1. The average molecular weight is 438 g/mol. The lowest BCUT2D eigenvalue weighted by Gasteiger charge is -2.17. The third-order valence-electron chi connectivity index (χ3n) is 6.34. The Bertz CT molecular complexity index is 533. The van der Waals surface area contributed by atoms with Gasteiger partial charge in [0.2, 0.25) is 0 Å². The zero-order valence-corrected chi connectivity index (χ0v) is 20.5. The summed E-state index contributed by atoms with van der Waals surface area (Å²) in [4.78, 5) is 7.72. The summed E-state index contributed by atoms with van der Waals surface area (Å²) in [6.45, 7) is 4.18. The van der Waals surface area contributed by atoms with Gasteiger partial charge in [-0.25, -0.2) is 4.98 Å². The maximum absolute atomic E-state index is 10.4. The fourth-order valence-corrected chi connectivity index (χ4v) is 4.32. The number of unbranched alkanes of at least 4 members (excludes halogenated alkanes) is 14. The van der Waals surface area contributed by atoms with E-state index in [1.807, 2.05) is 6.92 Å². The Morgan fingerprint density at radius 3 is 1.71 bits per heavy atom. The fraction of sp³-hybridized carbons (Fsp3) is 0.885. The molecule has 5 nitrogen and oxygen atoms in total. The SMILES string of the molecule is CCCCCCCCCCCCCCCCCc1nc(C(O)C(N)CCC)c(CO)[nH]1. The van der Waals surface area contributed by atoms with Gasteiger partial charge in [0.1, 0.15) is 11.9 Å². The van der Waals surface area contributed by atoms with Crippen LogP contribution in [-0.4, -0.2) is 26.2 Å². The van der Waals surface area contributed by atoms with Crippen molar-refractivity contribution in [2.75, 3.05) is 0 Å². The van der Waals surface area contributed by atoms with Crippen molar-refractivity contribution in [1.29, 1.82) is 0 Å². The highest BCUT2D eigenvalue weighted by atomic mass is 16.3. The largest absolute Gasteiger partial charge is 0.390 e. The summed E-state index contributed by atoms with van der Waals surface area (Å²) in [7, 11) is 0. The maximum Gasteiger partial charge on any atom is 0.113 e. The summed E-state index contributed by atoms with van der Waals surface area (Å²) in [5.41, 5.74) is 7.18. The number of nitrogens with one attached hydrogen (secondary N) is 1. The molecule has 0 bridgehead atoms. The molecule has 5 heteroatoms. The number of H-pyrrole nitrogens is 1. The molecule has 0 amide bonds. The highest BCUT2D eigenvalue weighted by molar-refractivity contribution is 5.18. The lowest BCUT2D eigenvalue weighted by atomic mass is 10.0.